The van der Waals surface area contributed by atoms with Crippen LogP contribution in [0.3, 0.4) is 0 Å². The monoisotopic (exact) mass is 253 g/mol. The molecule has 0 aromatic carbocycles. The first-order valence-electron chi connectivity index (χ1n) is 5.85. The summed E-state index contributed by atoms with van der Waals surface area (Å²) < 4.78 is 0. The van der Waals surface area contributed by atoms with Crippen LogP contribution in [0.25, 0.3) is 0 Å². The van der Waals surface area contributed by atoms with Crippen molar-refractivity contribution in [3.05, 3.63) is 5.82 Å². The highest BCUT2D eigenvalue weighted by molar-refractivity contribution is 5.90. The zero-order chi connectivity index (χ0) is 13.2. The van der Waals surface area contributed by atoms with Gasteiger partial charge in [-0.15, -0.1) is 10.2 Å². The topological polar surface area (TPSA) is 112 Å². The van der Waals surface area contributed by atoms with Crippen molar-refractivity contribution >= 4 is 11.9 Å². The maximum absolute atomic E-state index is 11.9. The lowest BCUT2D eigenvalue weighted by Crippen LogP contribution is -2.46. The van der Waals surface area contributed by atoms with Gasteiger partial charge in [-0.25, -0.2) is 0 Å². The number of carboxylic acid groups (broad SMARTS) is 1. The van der Waals surface area contributed by atoms with Crippen molar-refractivity contribution in [2.75, 3.05) is 13.1 Å². The summed E-state index contributed by atoms with van der Waals surface area (Å²) in [5.74, 6) is -1.06. The number of carboxylic acids is 1. The highest BCUT2D eigenvalue weighted by atomic mass is 16.4. The van der Waals surface area contributed by atoms with Crippen molar-refractivity contribution in [2.45, 2.75) is 26.2 Å². The smallest absolute Gasteiger partial charge is 0.309 e. The number of carbonyl (C=O) groups is 2. The van der Waals surface area contributed by atoms with Crippen molar-refractivity contribution in [1.29, 1.82) is 0 Å². The van der Waals surface area contributed by atoms with Crippen LogP contribution in [0.15, 0.2) is 0 Å². The lowest BCUT2D eigenvalue weighted by molar-refractivity contribution is -0.152. The van der Waals surface area contributed by atoms with Gasteiger partial charge in [0.05, 0.1) is 5.41 Å². The Morgan fingerprint density at radius 1 is 1.44 bits per heavy atom. The van der Waals surface area contributed by atoms with Gasteiger partial charge in [-0.2, -0.15) is 5.21 Å². The number of H-pyrrole nitrogens is 1. The molecule has 0 bridgehead atoms. The molecule has 0 spiro atoms. The molecule has 2 rings (SSSR count). The van der Waals surface area contributed by atoms with Crippen molar-refractivity contribution in [1.82, 2.24) is 25.5 Å². The minimum absolute atomic E-state index is 0.0225. The van der Waals surface area contributed by atoms with Crippen LogP contribution in [0, 0.1) is 5.41 Å². The molecule has 0 saturated carbocycles. The van der Waals surface area contributed by atoms with E-state index in [9.17, 15) is 14.7 Å². The van der Waals surface area contributed by atoms with E-state index in [0.29, 0.717) is 32.4 Å². The first-order chi connectivity index (χ1) is 8.59. The largest absolute Gasteiger partial charge is 0.481 e. The van der Waals surface area contributed by atoms with E-state index in [4.69, 9.17) is 0 Å². The Bertz CT molecular complexity index is 436. The summed E-state index contributed by atoms with van der Waals surface area (Å²) in [6, 6.07) is 0. The summed E-state index contributed by atoms with van der Waals surface area (Å²) in [6.07, 6.45) is 1.50. The summed E-state index contributed by atoms with van der Waals surface area (Å²) in [6.45, 7) is 2.69. The fourth-order valence-electron chi connectivity index (χ4n) is 2.25. The molecule has 8 nitrogen and oxygen atoms in total. The maximum atomic E-state index is 11.9. The molecule has 2 heterocycles. The number of aliphatic carboxylic acids is 1. The molecule has 1 fully saturated rings. The van der Waals surface area contributed by atoms with Crippen LogP contribution < -0.4 is 0 Å². The second-order valence-corrected chi connectivity index (χ2v) is 4.47. The van der Waals surface area contributed by atoms with Crippen LogP contribution >= 0.6 is 0 Å². The number of tetrazole rings is 1. The number of carbonyl (C=O) groups excluding carboxylic acids is 1. The lowest BCUT2D eigenvalue weighted by atomic mass is 9.76. The Hall–Kier alpha value is -1.99. The molecule has 0 aliphatic carbocycles. The van der Waals surface area contributed by atoms with Gasteiger partial charge in [-0.05, 0) is 24.5 Å². The molecule has 2 N–H and O–H groups in total. The van der Waals surface area contributed by atoms with Crippen molar-refractivity contribution < 1.29 is 14.7 Å². The molecule has 98 valence electrons. The molecule has 18 heavy (non-hydrogen) atoms. The summed E-state index contributed by atoms with van der Waals surface area (Å²) in [5.41, 5.74) is -0.700. The van der Waals surface area contributed by atoms with E-state index < -0.39 is 11.4 Å². The predicted molar refractivity (Wildman–Crippen MR) is 59.7 cm³/mol. The average Bonchev–Trinajstić information content (AvgIpc) is 2.91. The minimum atomic E-state index is -0.781. The Kier molecular flexibility index (Phi) is 3.26. The van der Waals surface area contributed by atoms with Crippen LogP contribution in [0.4, 0.5) is 0 Å². The van der Waals surface area contributed by atoms with Crippen LogP contribution in [0.1, 0.15) is 36.8 Å². The second kappa shape index (κ2) is 4.71. The molecule has 1 aromatic heterocycles. The standard InChI is InChI=1S/C10H15N5O3/c1-2-10(9(17)18)3-5-15(6-4-10)8(16)7-11-13-14-12-7/h2-6H2,1H3,(H,17,18)(H,11,12,13,14). The van der Waals surface area contributed by atoms with E-state index in [2.05, 4.69) is 20.6 Å². The predicted octanol–water partition coefficient (Wildman–Crippen LogP) is -0.0833. The number of hydrogen-bond donors (Lipinski definition) is 2. The van der Waals surface area contributed by atoms with Gasteiger partial charge in [0.15, 0.2) is 0 Å². The van der Waals surface area contributed by atoms with Crippen LogP contribution in [-0.2, 0) is 4.79 Å². The van der Waals surface area contributed by atoms with Gasteiger partial charge in [-0.3, -0.25) is 9.59 Å². The van der Waals surface area contributed by atoms with Gasteiger partial charge in [-0.1, -0.05) is 6.92 Å². The number of piperidine rings is 1. The number of likely N-dealkylation sites (tertiary alicyclic amines) is 1. The molecule has 0 atom stereocenters. The van der Waals surface area contributed by atoms with E-state index >= 15 is 0 Å². The highest BCUT2D eigenvalue weighted by Gasteiger charge is 2.41. The molecule has 1 aliphatic heterocycles. The number of aromatic amines is 1. The molecule has 1 saturated heterocycles. The number of aromatic nitrogens is 4. The van der Waals surface area contributed by atoms with Crippen LogP contribution in [0.2, 0.25) is 0 Å². The van der Waals surface area contributed by atoms with Crippen LogP contribution in [-0.4, -0.2) is 55.6 Å². The molecule has 1 aromatic rings. The summed E-state index contributed by atoms with van der Waals surface area (Å²) >= 11 is 0. The van der Waals surface area contributed by atoms with Gasteiger partial charge in [0.25, 0.3) is 11.7 Å². The van der Waals surface area contributed by atoms with Gasteiger partial charge in [0.1, 0.15) is 0 Å². The number of amides is 1. The number of nitrogens with one attached hydrogen (secondary N) is 1. The quantitative estimate of drug-likeness (QED) is 0.779. The minimum Gasteiger partial charge on any atom is -0.481 e. The lowest BCUT2D eigenvalue weighted by Gasteiger charge is -2.37. The fourth-order valence-corrected chi connectivity index (χ4v) is 2.25. The molecule has 0 unspecified atom stereocenters. The van der Waals surface area contributed by atoms with E-state index in [0.717, 1.165) is 0 Å². The second-order valence-electron chi connectivity index (χ2n) is 4.47. The fraction of sp³-hybridized carbons (Fsp3) is 0.700. The van der Waals surface area contributed by atoms with Gasteiger partial charge >= 0.3 is 5.97 Å². The van der Waals surface area contributed by atoms with E-state index in [1.807, 2.05) is 6.92 Å². The zero-order valence-corrected chi connectivity index (χ0v) is 10.1. The molecule has 1 aliphatic rings. The Balaban J connectivity index is 2.02. The van der Waals surface area contributed by atoms with E-state index in [1.165, 1.54) is 0 Å². The Morgan fingerprint density at radius 3 is 2.56 bits per heavy atom. The molecule has 8 heteroatoms. The zero-order valence-electron chi connectivity index (χ0n) is 10.1. The normalized spacial score (nSPS) is 18.6. The first kappa shape index (κ1) is 12.5. The summed E-state index contributed by atoms with van der Waals surface area (Å²) in [5, 5.41) is 22.1. The van der Waals surface area contributed by atoms with Crippen molar-refractivity contribution in [2.24, 2.45) is 5.41 Å². The van der Waals surface area contributed by atoms with Gasteiger partial charge in [0, 0.05) is 13.1 Å². The number of hydrogen-bond acceptors (Lipinski definition) is 5. The summed E-state index contributed by atoms with van der Waals surface area (Å²) in [4.78, 5) is 24.8. The third kappa shape index (κ3) is 2.05. The first-order valence-corrected chi connectivity index (χ1v) is 5.85. The molecule has 0 radical (unpaired) electrons. The average molecular weight is 253 g/mol. The highest BCUT2D eigenvalue weighted by Crippen LogP contribution is 2.35. The van der Waals surface area contributed by atoms with Crippen molar-refractivity contribution in [3.63, 3.8) is 0 Å². The molecular formula is C10H15N5O3. The number of nitrogens with zero attached hydrogens (tertiary/aromatic N) is 4. The third-order valence-electron chi connectivity index (χ3n) is 3.67. The maximum Gasteiger partial charge on any atom is 0.309 e. The van der Waals surface area contributed by atoms with Crippen LogP contribution in [0.5, 0.6) is 0 Å². The molecule has 1 amide bonds. The van der Waals surface area contributed by atoms with E-state index in [1.54, 1.807) is 4.90 Å². The van der Waals surface area contributed by atoms with E-state index in [-0.39, 0.29) is 11.7 Å². The SMILES string of the molecule is CCC1(C(=O)O)CCN(C(=O)c2nn[nH]n2)CC1. The molecular weight excluding hydrogens is 238 g/mol. The van der Waals surface area contributed by atoms with Gasteiger partial charge < -0.3 is 10.0 Å². The third-order valence-corrected chi connectivity index (χ3v) is 3.67. The van der Waals surface area contributed by atoms with Crippen molar-refractivity contribution in [3.8, 4) is 0 Å². The summed E-state index contributed by atoms with van der Waals surface area (Å²) in [7, 11) is 0. The number of rotatable bonds is 3. The van der Waals surface area contributed by atoms with Gasteiger partial charge in [0.2, 0.25) is 0 Å². The Morgan fingerprint density at radius 2 is 2.11 bits per heavy atom. The Labute approximate surface area is 103 Å².